The van der Waals surface area contributed by atoms with Gasteiger partial charge in [-0.05, 0) is 55.0 Å². The van der Waals surface area contributed by atoms with E-state index in [0.717, 1.165) is 16.9 Å². The molecule has 0 unspecified atom stereocenters. The van der Waals surface area contributed by atoms with Gasteiger partial charge < -0.3 is 10.6 Å². The van der Waals surface area contributed by atoms with Crippen LogP contribution in [-0.4, -0.2) is 6.54 Å². The van der Waals surface area contributed by atoms with E-state index in [9.17, 15) is 8.78 Å². The molecule has 100 valence electrons. The van der Waals surface area contributed by atoms with Crippen molar-refractivity contribution in [2.24, 2.45) is 5.73 Å². The molecule has 0 bridgehead atoms. The van der Waals surface area contributed by atoms with Gasteiger partial charge in [0.1, 0.15) is 11.6 Å². The molecule has 0 fully saturated rings. The minimum absolute atomic E-state index is 0.255. The Balaban J connectivity index is 2.44. The molecule has 0 saturated carbocycles. The second kappa shape index (κ2) is 5.80. The number of benzene rings is 2. The zero-order valence-corrected chi connectivity index (χ0v) is 10.7. The first kappa shape index (κ1) is 13.5. The number of hydrogen-bond acceptors (Lipinski definition) is 2. The van der Waals surface area contributed by atoms with Crippen LogP contribution in [0.4, 0.5) is 20.2 Å². The van der Waals surface area contributed by atoms with Crippen LogP contribution in [-0.2, 0) is 6.54 Å². The zero-order valence-electron chi connectivity index (χ0n) is 10.7. The Hall–Kier alpha value is -1.94. The third-order valence-electron chi connectivity index (χ3n) is 3.01. The smallest absolute Gasteiger partial charge is 0.123 e. The van der Waals surface area contributed by atoms with Gasteiger partial charge in [-0.1, -0.05) is 0 Å². The van der Waals surface area contributed by atoms with E-state index in [1.165, 1.54) is 24.3 Å². The Morgan fingerprint density at radius 2 is 1.63 bits per heavy atom. The third kappa shape index (κ3) is 2.90. The average molecular weight is 262 g/mol. The van der Waals surface area contributed by atoms with Gasteiger partial charge in [-0.15, -0.1) is 0 Å². The maximum atomic E-state index is 13.2. The normalized spacial score (nSPS) is 10.5. The molecule has 4 heteroatoms. The maximum Gasteiger partial charge on any atom is 0.123 e. The van der Waals surface area contributed by atoms with Gasteiger partial charge in [0.15, 0.2) is 0 Å². The van der Waals surface area contributed by atoms with Gasteiger partial charge >= 0.3 is 0 Å². The lowest BCUT2D eigenvalue weighted by Crippen LogP contribution is -2.18. The molecular weight excluding hydrogens is 246 g/mol. The predicted octanol–water partition coefficient (Wildman–Crippen LogP) is 3.58. The molecule has 0 heterocycles. The monoisotopic (exact) mass is 262 g/mol. The van der Waals surface area contributed by atoms with Gasteiger partial charge in [-0.25, -0.2) is 8.78 Å². The molecule has 0 radical (unpaired) electrons. The molecular formula is C15H16F2N2. The van der Waals surface area contributed by atoms with Crippen molar-refractivity contribution in [3.63, 3.8) is 0 Å². The second-order valence-electron chi connectivity index (χ2n) is 4.20. The topological polar surface area (TPSA) is 29.3 Å². The molecule has 2 nitrogen and oxygen atoms in total. The predicted molar refractivity (Wildman–Crippen MR) is 73.4 cm³/mol. The quantitative estimate of drug-likeness (QED) is 0.912. The summed E-state index contributed by atoms with van der Waals surface area (Å²) in [6.07, 6.45) is 0. The molecule has 0 spiro atoms. The van der Waals surface area contributed by atoms with E-state index >= 15 is 0 Å². The van der Waals surface area contributed by atoms with Crippen molar-refractivity contribution in [2.45, 2.75) is 13.5 Å². The van der Waals surface area contributed by atoms with E-state index in [1.54, 1.807) is 18.2 Å². The highest BCUT2D eigenvalue weighted by molar-refractivity contribution is 5.66. The van der Waals surface area contributed by atoms with Gasteiger partial charge in [0.25, 0.3) is 0 Å². The highest BCUT2D eigenvalue weighted by atomic mass is 19.1. The molecule has 0 aliphatic carbocycles. The van der Waals surface area contributed by atoms with E-state index in [0.29, 0.717) is 6.54 Å². The van der Waals surface area contributed by atoms with E-state index in [4.69, 9.17) is 5.73 Å². The molecule has 0 atom stereocenters. The molecule has 2 N–H and O–H groups in total. The second-order valence-corrected chi connectivity index (χ2v) is 4.20. The number of halogens is 2. The summed E-state index contributed by atoms with van der Waals surface area (Å²) in [5.74, 6) is -0.586. The number of anilines is 2. The lowest BCUT2D eigenvalue weighted by atomic mass is 10.1. The van der Waals surface area contributed by atoms with Crippen LogP contribution < -0.4 is 10.6 Å². The van der Waals surface area contributed by atoms with Crippen LogP contribution in [0, 0.1) is 11.6 Å². The highest BCUT2D eigenvalue weighted by Gasteiger charge is 2.12. The van der Waals surface area contributed by atoms with Gasteiger partial charge in [0.05, 0.1) is 0 Å². The lowest BCUT2D eigenvalue weighted by Gasteiger charge is -2.25. The first-order chi connectivity index (χ1) is 9.15. The van der Waals surface area contributed by atoms with Crippen LogP contribution in [0.5, 0.6) is 0 Å². The van der Waals surface area contributed by atoms with Gasteiger partial charge in [0, 0.05) is 24.5 Å². The highest BCUT2D eigenvalue weighted by Crippen LogP contribution is 2.29. The van der Waals surface area contributed by atoms with Crippen molar-refractivity contribution >= 4 is 11.4 Å². The lowest BCUT2D eigenvalue weighted by molar-refractivity contribution is 0.625. The molecule has 2 rings (SSSR count). The fraction of sp³-hybridized carbons (Fsp3) is 0.200. The average Bonchev–Trinajstić information content (AvgIpc) is 2.43. The molecule has 2 aromatic rings. The minimum Gasteiger partial charge on any atom is -0.342 e. The van der Waals surface area contributed by atoms with Gasteiger partial charge in [0.2, 0.25) is 0 Å². The summed E-state index contributed by atoms with van der Waals surface area (Å²) in [4.78, 5) is 1.97. The largest absolute Gasteiger partial charge is 0.342 e. The molecule has 2 aromatic carbocycles. The first-order valence-corrected chi connectivity index (χ1v) is 6.17. The molecule has 0 saturated heterocycles. The van der Waals surface area contributed by atoms with Crippen LogP contribution >= 0.6 is 0 Å². The Morgan fingerprint density at radius 3 is 2.21 bits per heavy atom. The summed E-state index contributed by atoms with van der Waals surface area (Å²) < 4.78 is 26.2. The third-order valence-corrected chi connectivity index (χ3v) is 3.01. The van der Waals surface area contributed by atoms with E-state index in [-0.39, 0.29) is 18.2 Å². The molecule has 0 aromatic heterocycles. The van der Waals surface area contributed by atoms with Gasteiger partial charge in [-0.2, -0.15) is 0 Å². The Labute approximate surface area is 111 Å². The molecule has 0 amide bonds. The van der Waals surface area contributed by atoms with Crippen molar-refractivity contribution in [1.82, 2.24) is 0 Å². The number of nitrogens with two attached hydrogens (primary N) is 1. The van der Waals surface area contributed by atoms with Crippen molar-refractivity contribution in [3.8, 4) is 0 Å². The first-order valence-electron chi connectivity index (χ1n) is 6.17. The standard InChI is InChI=1S/C15H16F2N2/c1-2-19(14-6-3-12(16)4-7-14)15-8-5-13(17)9-11(15)10-18/h3-9H,2,10,18H2,1H3. The maximum absolute atomic E-state index is 13.2. The van der Waals surface area contributed by atoms with Crippen LogP contribution in [0.15, 0.2) is 42.5 Å². The summed E-state index contributed by atoms with van der Waals surface area (Å²) in [6.45, 7) is 2.92. The summed E-state index contributed by atoms with van der Waals surface area (Å²) >= 11 is 0. The van der Waals surface area contributed by atoms with Crippen molar-refractivity contribution in [2.75, 3.05) is 11.4 Å². The summed E-state index contributed by atoms with van der Waals surface area (Å²) in [5.41, 5.74) is 8.09. The summed E-state index contributed by atoms with van der Waals surface area (Å²) in [6, 6.07) is 10.7. The molecule has 0 aliphatic rings. The minimum atomic E-state index is -0.306. The SMILES string of the molecule is CCN(c1ccc(F)cc1)c1ccc(F)cc1CN. The van der Waals surface area contributed by atoms with Crippen molar-refractivity contribution in [3.05, 3.63) is 59.7 Å². The van der Waals surface area contributed by atoms with Gasteiger partial charge in [-0.3, -0.25) is 0 Å². The molecule has 19 heavy (non-hydrogen) atoms. The van der Waals surface area contributed by atoms with E-state index in [2.05, 4.69) is 0 Å². The summed E-state index contributed by atoms with van der Waals surface area (Å²) in [5, 5.41) is 0. The Morgan fingerprint density at radius 1 is 1.00 bits per heavy atom. The van der Waals surface area contributed by atoms with Crippen LogP contribution in [0.2, 0.25) is 0 Å². The number of hydrogen-bond donors (Lipinski definition) is 1. The van der Waals surface area contributed by atoms with E-state index in [1.807, 2.05) is 11.8 Å². The van der Waals surface area contributed by atoms with Crippen LogP contribution in [0.25, 0.3) is 0 Å². The van der Waals surface area contributed by atoms with E-state index < -0.39 is 0 Å². The zero-order chi connectivity index (χ0) is 13.8. The Kier molecular flexibility index (Phi) is 4.12. The Bertz CT molecular complexity index is 553. The fourth-order valence-electron chi connectivity index (χ4n) is 2.09. The van der Waals surface area contributed by atoms with Crippen LogP contribution in [0.3, 0.4) is 0 Å². The van der Waals surface area contributed by atoms with Crippen molar-refractivity contribution < 1.29 is 8.78 Å². The van der Waals surface area contributed by atoms with Crippen LogP contribution in [0.1, 0.15) is 12.5 Å². The summed E-state index contributed by atoms with van der Waals surface area (Å²) in [7, 11) is 0. The fourth-order valence-corrected chi connectivity index (χ4v) is 2.09. The molecule has 0 aliphatic heterocycles. The number of rotatable bonds is 4. The van der Waals surface area contributed by atoms with Crippen molar-refractivity contribution in [1.29, 1.82) is 0 Å². The number of nitrogens with zero attached hydrogens (tertiary/aromatic N) is 1.